The zero-order chi connectivity index (χ0) is 26.0. The molecule has 4 aromatic rings. The second-order valence-corrected chi connectivity index (χ2v) is 9.16. The van der Waals surface area contributed by atoms with Gasteiger partial charge in [-0.3, -0.25) is 4.79 Å². The Kier molecular flexibility index (Phi) is 7.12. The molecule has 9 nitrogen and oxygen atoms in total. The largest absolute Gasteiger partial charge is 0.454 e. The number of hydrazone groups is 1. The molecule has 2 aromatic heterocycles. The number of aryl methyl sites for hydroxylation is 2. The monoisotopic (exact) mass is 487 g/mol. The number of hydrogen-bond acceptors (Lipinski definition) is 7. The van der Waals surface area contributed by atoms with Crippen molar-refractivity contribution < 1.29 is 9.21 Å². The molecule has 0 atom stereocenters. The second-order valence-electron chi connectivity index (χ2n) is 9.16. The number of likely N-dealkylation sites (N-methyl/N-ethyl adjacent to an activating group) is 2. The van der Waals surface area contributed by atoms with Crippen molar-refractivity contribution in [2.45, 2.75) is 13.8 Å². The molecule has 0 saturated carbocycles. The normalized spacial score (nSPS) is 11.9. The summed E-state index contributed by atoms with van der Waals surface area (Å²) in [5.74, 6) is 0.740. The van der Waals surface area contributed by atoms with Gasteiger partial charge in [-0.05, 0) is 64.3 Å². The average Bonchev–Trinajstić information content (AvgIpc) is 3.40. The molecule has 2 aromatic carbocycles. The molecule has 0 aliphatic rings. The quantitative estimate of drug-likeness (QED) is 0.161. The van der Waals surface area contributed by atoms with E-state index in [1.54, 1.807) is 11.7 Å². The number of nitrogens with one attached hydrogen (secondary N) is 1. The topological polar surface area (TPSA) is 105 Å². The highest BCUT2D eigenvalue weighted by molar-refractivity contribution is 6.08. The highest BCUT2D eigenvalue weighted by Gasteiger charge is 2.27. The van der Waals surface area contributed by atoms with E-state index in [9.17, 15) is 4.79 Å². The summed E-state index contributed by atoms with van der Waals surface area (Å²) in [5.41, 5.74) is 14.9. The number of furan rings is 1. The number of benzene rings is 2. The maximum Gasteiger partial charge on any atom is 0.171 e. The first-order valence-corrected chi connectivity index (χ1v) is 11.8. The number of carbonyl (C=O) groups is 1. The number of aromatic nitrogens is 2. The number of nitrogens with zero attached hydrogens (tertiary/aromatic N) is 5. The van der Waals surface area contributed by atoms with Crippen LogP contribution in [0.15, 0.2) is 52.0 Å². The maximum absolute atomic E-state index is 12.1. The Bertz CT molecular complexity index is 1410. The Morgan fingerprint density at radius 1 is 1.14 bits per heavy atom. The summed E-state index contributed by atoms with van der Waals surface area (Å²) in [5, 5.41) is 9.77. The summed E-state index contributed by atoms with van der Waals surface area (Å²) in [7, 11) is 7.83. The van der Waals surface area contributed by atoms with Gasteiger partial charge < -0.3 is 25.4 Å². The molecule has 188 valence electrons. The molecule has 36 heavy (non-hydrogen) atoms. The van der Waals surface area contributed by atoms with E-state index in [1.165, 1.54) is 0 Å². The van der Waals surface area contributed by atoms with Crippen molar-refractivity contribution in [2.75, 3.05) is 46.2 Å². The number of nitrogens with two attached hydrogens (primary N) is 1. The first-order chi connectivity index (χ1) is 17.2. The van der Waals surface area contributed by atoms with Crippen LogP contribution in [0.5, 0.6) is 0 Å². The molecule has 4 rings (SSSR count). The fourth-order valence-electron chi connectivity index (χ4n) is 4.23. The fourth-order valence-corrected chi connectivity index (χ4v) is 4.23. The molecule has 3 N–H and O–H groups in total. The lowest BCUT2D eigenvalue weighted by Crippen LogP contribution is -2.28. The minimum Gasteiger partial charge on any atom is -0.454 e. The van der Waals surface area contributed by atoms with Crippen LogP contribution < -0.4 is 16.1 Å². The Hall–Kier alpha value is -4.11. The lowest BCUT2D eigenvalue weighted by Gasteiger charge is -2.21. The summed E-state index contributed by atoms with van der Waals surface area (Å²) in [4.78, 5) is 16.4. The first kappa shape index (κ1) is 25.0. The van der Waals surface area contributed by atoms with Crippen molar-refractivity contribution in [2.24, 2.45) is 10.8 Å². The van der Waals surface area contributed by atoms with Gasteiger partial charge in [-0.1, -0.05) is 11.6 Å². The highest BCUT2D eigenvalue weighted by atomic mass is 16.3. The third kappa shape index (κ3) is 4.70. The summed E-state index contributed by atoms with van der Waals surface area (Å²) >= 11 is 0. The third-order valence-corrected chi connectivity index (χ3v) is 6.24. The van der Waals surface area contributed by atoms with Crippen molar-refractivity contribution in [3.8, 4) is 17.1 Å². The molecule has 0 spiro atoms. The molecule has 0 bridgehead atoms. The molecule has 0 aliphatic carbocycles. The zero-order valence-corrected chi connectivity index (χ0v) is 21.7. The summed E-state index contributed by atoms with van der Waals surface area (Å²) < 4.78 is 8.03. The number of amidine groups is 1. The molecule has 0 aliphatic heterocycles. The molecule has 0 amide bonds. The van der Waals surface area contributed by atoms with Crippen LogP contribution in [0.1, 0.15) is 27.2 Å². The number of carbonyl (C=O) groups excluding carboxylic acids is 1. The lowest BCUT2D eigenvalue weighted by molar-refractivity contribution is 0.111. The van der Waals surface area contributed by atoms with Crippen LogP contribution in [0.4, 0.5) is 5.69 Å². The molecule has 0 unspecified atom stereocenters. The van der Waals surface area contributed by atoms with Crippen LogP contribution in [0, 0.1) is 13.8 Å². The van der Waals surface area contributed by atoms with Gasteiger partial charge in [0.25, 0.3) is 0 Å². The van der Waals surface area contributed by atoms with Crippen molar-refractivity contribution in [1.82, 2.24) is 20.1 Å². The standard InChI is InChI=1S/C27H33N7O2/c1-17-7-12-23-21(15-17)18(2)26(36-23)25-24(27(28)30-29-3)22(16-35)31-34(25)20-10-8-19(9-11-20)33(6)14-13-32(4)5/h7-12,15-16,29H,13-14H2,1-6H3,(H2,28,30). The molecule has 0 fully saturated rings. The maximum atomic E-state index is 12.1. The van der Waals surface area contributed by atoms with Gasteiger partial charge in [0.15, 0.2) is 17.9 Å². The predicted octanol–water partition coefficient (Wildman–Crippen LogP) is 3.55. The van der Waals surface area contributed by atoms with Gasteiger partial charge in [0.1, 0.15) is 17.0 Å². The zero-order valence-electron chi connectivity index (χ0n) is 21.7. The molecule has 0 saturated heterocycles. The van der Waals surface area contributed by atoms with Gasteiger partial charge in [-0.15, -0.1) is 0 Å². The smallest absolute Gasteiger partial charge is 0.171 e. The Labute approximate surface area is 211 Å². The SMILES string of the molecule is CN/N=C(/N)c1c(C=O)nn(-c2ccc(N(C)CCN(C)C)cc2)c1-c1oc2ccc(C)cc2c1C. The first-order valence-electron chi connectivity index (χ1n) is 11.8. The lowest BCUT2D eigenvalue weighted by atomic mass is 10.0. The third-order valence-electron chi connectivity index (χ3n) is 6.24. The van der Waals surface area contributed by atoms with E-state index in [2.05, 4.69) is 52.6 Å². The number of fused-ring (bicyclic) bond motifs is 1. The van der Waals surface area contributed by atoms with E-state index < -0.39 is 0 Å². The van der Waals surface area contributed by atoms with Crippen molar-refractivity contribution >= 4 is 28.8 Å². The van der Waals surface area contributed by atoms with Crippen LogP contribution >= 0.6 is 0 Å². The molecular weight excluding hydrogens is 454 g/mol. The summed E-state index contributed by atoms with van der Waals surface area (Å²) in [6.45, 7) is 5.88. The Morgan fingerprint density at radius 2 is 1.86 bits per heavy atom. The predicted molar refractivity (Wildman–Crippen MR) is 145 cm³/mol. The Balaban J connectivity index is 1.90. The van der Waals surface area contributed by atoms with Crippen molar-refractivity contribution in [3.63, 3.8) is 0 Å². The van der Waals surface area contributed by atoms with E-state index in [-0.39, 0.29) is 11.5 Å². The van der Waals surface area contributed by atoms with Gasteiger partial charge in [-0.25, -0.2) is 4.68 Å². The second kappa shape index (κ2) is 10.2. The van der Waals surface area contributed by atoms with E-state index in [1.807, 2.05) is 50.2 Å². The van der Waals surface area contributed by atoms with Gasteiger partial charge in [0.05, 0.1) is 11.3 Å². The van der Waals surface area contributed by atoms with E-state index >= 15 is 0 Å². The number of rotatable bonds is 9. The fraction of sp³-hybridized carbons (Fsp3) is 0.296. The van der Waals surface area contributed by atoms with E-state index in [0.29, 0.717) is 23.3 Å². The molecule has 2 heterocycles. The van der Waals surface area contributed by atoms with Gasteiger partial charge >= 0.3 is 0 Å². The van der Waals surface area contributed by atoms with Crippen LogP contribution in [0.3, 0.4) is 0 Å². The minimum absolute atomic E-state index is 0.150. The van der Waals surface area contributed by atoms with Crippen LogP contribution in [0.25, 0.3) is 28.1 Å². The van der Waals surface area contributed by atoms with Crippen molar-refractivity contribution in [1.29, 1.82) is 0 Å². The molecular formula is C27H33N7O2. The van der Waals surface area contributed by atoms with Gasteiger partial charge in [-0.2, -0.15) is 10.2 Å². The number of anilines is 1. The summed E-state index contributed by atoms with van der Waals surface area (Å²) in [6, 6.07) is 14.1. The Morgan fingerprint density at radius 3 is 2.50 bits per heavy atom. The van der Waals surface area contributed by atoms with E-state index in [4.69, 9.17) is 10.2 Å². The molecule has 9 heteroatoms. The van der Waals surface area contributed by atoms with Crippen molar-refractivity contribution in [3.05, 3.63) is 64.8 Å². The van der Waals surface area contributed by atoms with Crippen LogP contribution in [0.2, 0.25) is 0 Å². The summed E-state index contributed by atoms with van der Waals surface area (Å²) in [6.07, 6.45) is 0.693. The molecule has 0 radical (unpaired) electrons. The highest BCUT2D eigenvalue weighted by Crippen LogP contribution is 2.37. The average molecular weight is 488 g/mol. The van der Waals surface area contributed by atoms with Gasteiger partial charge in [0.2, 0.25) is 0 Å². The van der Waals surface area contributed by atoms with Gasteiger partial charge in [0, 0.05) is 43.8 Å². The number of aldehydes is 1. The van der Waals surface area contributed by atoms with Crippen LogP contribution in [-0.2, 0) is 0 Å². The number of hydrogen-bond donors (Lipinski definition) is 2. The minimum atomic E-state index is 0.150. The van der Waals surface area contributed by atoms with E-state index in [0.717, 1.165) is 46.6 Å². The van der Waals surface area contributed by atoms with Crippen LogP contribution in [-0.4, -0.2) is 68.1 Å².